The molecule has 1 heterocycles. The topological polar surface area (TPSA) is 136 Å². The smallest absolute Gasteiger partial charge is 0.261 e. The van der Waals surface area contributed by atoms with E-state index >= 15 is 0 Å². The molecule has 0 unspecified atom stereocenters. The summed E-state index contributed by atoms with van der Waals surface area (Å²) in [6, 6.07) is 10.6. The lowest BCUT2D eigenvalue weighted by Gasteiger charge is -2.14. The lowest BCUT2D eigenvalue weighted by Crippen LogP contribution is -2.31. The molecular formula is C19H19N3O6S. The van der Waals surface area contributed by atoms with E-state index in [4.69, 9.17) is 9.88 Å². The van der Waals surface area contributed by atoms with Crippen LogP contribution in [0.1, 0.15) is 33.6 Å². The predicted octanol–water partition coefficient (Wildman–Crippen LogP) is 1.36. The minimum atomic E-state index is -4.03. The van der Waals surface area contributed by atoms with Crippen molar-refractivity contribution >= 4 is 33.4 Å². The molecule has 0 saturated carbocycles. The van der Waals surface area contributed by atoms with Crippen molar-refractivity contribution in [1.29, 1.82) is 0 Å². The standard InChI is InChI=1S/C19H19N3O6S/c1-28-15-9-8-12(11-16(15)29(20,26)27)21-17(23)7-4-10-22-18(24)13-5-2-3-6-14(13)19(22)25/h2-3,5-6,8-9,11H,4,7,10H2,1H3,(H,21,23)(H2,20,26,27). The maximum Gasteiger partial charge on any atom is 0.261 e. The fourth-order valence-corrected chi connectivity index (χ4v) is 3.76. The van der Waals surface area contributed by atoms with Crippen LogP contribution in [-0.4, -0.2) is 44.7 Å². The Morgan fingerprint density at radius 3 is 2.28 bits per heavy atom. The fraction of sp³-hybridized carbons (Fsp3) is 0.211. The third-order valence-corrected chi connectivity index (χ3v) is 5.35. The highest BCUT2D eigenvalue weighted by molar-refractivity contribution is 7.89. The number of anilines is 1. The first-order valence-electron chi connectivity index (χ1n) is 8.68. The number of hydrogen-bond donors (Lipinski definition) is 2. The summed E-state index contributed by atoms with van der Waals surface area (Å²) in [4.78, 5) is 37.6. The number of methoxy groups -OCH3 is 1. The highest BCUT2D eigenvalue weighted by Gasteiger charge is 2.34. The zero-order valence-corrected chi connectivity index (χ0v) is 16.4. The minimum absolute atomic E-state index is 0.0319. The van der Waals surface area contributed by atoms with Crippen LogP contribution in [0.4, 0.5) is 5.69 Å². The Morgan fingerprint density at radius 2 is 1.72 bits per heavy atom. The van der Waals surface area contributed by atoms with E-state index in [1.807, 2.05) is 0 Å². The normalized spacial score (nSPS) is 13.4. The quantitative estimate of drug-likeness (QED) is 0.653. The molecule has 0 saturated heterocycles. The van der Waals surface area contributed by atoms with Crippen LogP contribution in [0, 0.1) is 0 Å². The number of fused-ring (bicyclic) bond motifs is 1. The maximum atomic E-state index is 12.3. The molecule has 2 aromatic rings. The Morgan fingerprint density at radius 1 is 1.10 bits per heavy atom. The molecule has 10 heteroatoms. The van der Waals surface area contributed by atoms with Gasteiger partial charge >= 0.3 is 0 Å². The summed E-state index contributed by atoms with van der Waals surface area (Å²) in [5, 5.41) is 7.72. The van der Waals surface area contributed by atoms with Gasteiger partial charge in [-0.25, -0.2) is 13.6 Å². The first-order chi connectivity index (χ1) is 13.7. The van der Waals surface area contributed by atoms with Gasteiger partial charge in [0.25, 0.3) is 11.8 Å². The molecule has 0 fully saturated rings. The van der Waals surface area contributed by atoms with Crippen molar-refractivity contribution in [1.82, 2.24) is 4.90 Å². The molecule has 1 aliphatic heterocycles. The summed E-state index contributed by atoms with van der Waals surface area (Å²) in [6.45, 7) is 0.102. The van der Waals surface area contributed by atoms with Crippen molar-refractivity contribution in [3.63, 3.8) is 0 Å². The number of nitrogens with one attached hydrogen (secondary N) is 1. The summed E-state index contributed by atoms with van der Waals surface area (Å²) in [6.07, 6.45) is 0.291. The van der Waals surface area contributed by atoms with Gasteiger partial charge in [-0.1, -0.05) is 12.1 Å². The highest BCUT2D eigenvalue weighted by Crippen LogP contribution is 2.26. The predicted molar refractivity (Wildman–Crippen MR) is 104 cm³/mol. The van der Waals surface area contributed by atoms with E-state index in [0.29, 0.717) is 11.1 Å². The van der Waals surface area contributed by atoms with Crippen molar-refractivity contribution < 1.29 is 27.5 Å². The van der Waals surface area contributed by atoms with E-state index in [1.54, 1.807) is 24.3 Å². The molecule has 1 aliphatic rings. The third-order valence-electron chi connectivity index (χ3n) is 4.42. The monoisotopic (exact) mass is 417 g/mol. The summed E-state index contributed by atoms with van der Waals surface area (Å²) in [7, 11) is -2.72. The first kappa shape index (κ1) is 20.5. The highest BCUT2D eigenvalue weighted by atomic mass is 32.2. The summed E-state index contributed by atoms with van der Waals surface area (Å²) >= 11 is 0. The number of rotatable bonds is 7. The van der Waals surface area contributed by atoms with Crippen molar-refractivity contribution in [2.45, 2.75) is 17.7 Å². The largest absolute Gasteiger partial charge is 0.495 e. The first-order valence-corrected chi connectivity index (χ1v) is 10.2. The van der Waals surface area contributed by atoms with E-state index in [2.05, 4.69) is 5.32 Å². The number of primary sulfonamides is 1. The van der Waals surface area contributed by atoms with E-state index in [1.165, 1.54) is 25.3 Å². The summed E-state index contributed by atoms with van der Waals surface area (Å²) in [5.74, 6) is -1.08. The molecule has 2 aromatic carbocycles. The van der Waals surface area contributed by atoms with Crippen LogP contribution < -0.4 is 15.2 Å². The van der Waals surface area contributed by atoms with Crippen molar-refractivity contribution in [2.75, 3.05) is 19.0 Å². The van der Waals surface area contributed by atoms with Crippen LogP contribution >= 0.6 is 0 Å². The van der Waals surface area contributed by atoms with Crippen molar-refractivity contribution in [3.8, 4) is 5.75 Å². The lowest BCUT2D eigenvalue weighted by atomic mass is 10.1. The molecule has 0 atom stereocenters. The number of ether oxygens (including phenoxy) is 1. The van der Waals surface area contributed by atoms with Gasteiger partial charge in [0.1, 0.15) is 10.6 Å². The Balaban J connectivity index is 1.59. The van der Waals surface area contributed by atoms with Gasteiger partial charge in [0.05, 0.1) is 18.2 Å². The second-order valence-electron chi connectivity index (χ2n) is 6.37. The number of carbonyl (C=O) groups is 3. The molecular weight excluding hydrogens is 398 g/mol. The average Bonchev–Trinajstić information content (AvgIpc) is 2.92. The molecule has 29 heavy (non-hydrogen) atoms. The lowest BCUT2D eigenvalue weighted by molar-refractivity contribution is -0.116. The van der Waals surface area contributed by atoms with Crippen LogP contribution in [0.3, 0.4) is 0 Å². The van der Waals surface area contributed by atoms with Gasteiger partial charge in [-0.05, 0) is 36.8 Å². The summed E-state index contributed by atoms with van der Waals surface area (Å²) in [5.41, 5.74) is 0.951. The number of nitrogens with two attached hydrogens (primary N) is 1. The molecule has 0 aromatic heterocycles. The zero-order valence-electron chi connectivity index (χ0n) is 15.5. The number of amides is 3. The molecule has 0 bridgehead atoms. The Hall–Kier alpha value is -3.24. The number of hydrogen-bond acceptors (Lipinski definition) is 6. The second kappa shape index (κ2) is 8.02. The number of benzene rings is 2. The molecule has 3 rings (SSSR count). The molecule has 0 radical (unpaired) electrons. The number of carbonyl (C=O) groups excluding carboxylic acids is 3. The number of nitrogens with zero attached hydrogens (tertiary/aromatic N) is 1. The van der Waals surface area contributed by atoms with Crippen LogP contribution in [0.2, 0.25) is 0 Å². The van der Waals surface area contributed by atoms with Crippen LogP contribution in [0.15, 0.2) is 47.4 Å². The summed E-state index contributed by atoms with van der Waals surface area (Å²) < 4.78 is 28.2. The Bertz CT molecular complexity index is 1060. The maximum absolute atomic E-state index is 12.3. The van der Waals surface area contributed by atoms with E-state index < -0.39 is 15.9 Å². The molecule has 152 valence electrons. The number of sulfonamides is 1. The van der Waals surface area contributed by atoms with Gasteiger partial charge in [-0.2, -0.15) is 0 Å². The Labute approximate surface area is 167 Å². The third kappa shape index (κ3) is 4.28. The fourth-order valence-electron chi connectivity index (χ4n) is 3.04. The van der Waals surface area contributed by atoms with Gasteiger partial charge in [-0.15, -0.1) is 0 Å². The van der Waals surface area contributed by atoms with Gasteiger partial charge in [-0.3, -0.25) is 19.3 Å². The zero-order chi connectivity index (χ0) is 21.2. The van der Waals surface area contributed by atoms with E-state index in [0.717, 1.165) is 4.90 Å². The van der Waals surface area contributed by atoms with Crippen molar-refractivity contribution in [2.24, 2.45) is 5.14 Å². The molecule has 0 spiro atoms. The van der Waals surface area contributed by atoms with E-state index in [9.17, 15) is 22.8 Å². The average molecular weight is 417 g/mol. The van der Waals surface area contributed by atoms with Gasteiger partial charge in [0, 0.05) is 18.7 Å². The molecule has 3 N–H and O–H groups in total. The number of imide groups is 1. The van der Waals surface area contributed by atoms with Crippen LogP contribution in [0.25, 0.3) is 0 Å². The van der Waals surface area contributed by atoms with Gasteiger partial charge in [0.15, 0.2) is 0 Å². The van der Waals surface area contributed by atoms with Gasteiger partial charge in [0.2, 0.25) is 15.9 Å². The van der Waals surface area contributed by atoms with Gasteiger partial charge < -0.3 is 10.1 Å². The van der Waals surface area contributed by atoms with Crippen molar-refractivity contribution in [3.05, 3.63) is 53.6 Å². The Kier molecular flexibility index (Phi) is 5.66. The molecule has 9 nitrogen and oxygen atoms in total. The minimum Gasteiger partial charge on any atom is -0.495 e. The SMILES string of the molecule is COc1ccc(NC(=O)CCCN2C(=O)c3ccccc3C2=O)cc1S(N)(=O)=O. The van der Waals surface area contributed by atoms with Crippen LogP contribution in [-0.2, 0) is 14.8 Å². The second-order valence-corrected chi connectivity index (χ2v) is 7.90. The van der Waals surface area contributed by atoms with E-state index in [-0.39, 0.29) is 47.5 Å². The molecule has 3 amide bonds. The van der Waals surface area contributed by atoms with Crippen LogP contribution in [0.5, 0.6) is 5.75 Å². The molecule has 0 aliphatic carbocycles.